The van der Waals surface area contributed by atoms with Gasteiger partial charge in [0.25, 0.3) is 23.4 Å². The van der Waals surface area contributed by atoms with E-state index < -0.39 is 40.9 Å². The summed E-state index contributed by atoms with van der Waals surface area (Å²) < 4.78 is 6.67. The number of halogens is 3. The minimum Gasteiger partial charge on any atom is -0.482 e. The number of ether oxygens (including phenoxy) is 1. The number of amides is 5. The fourth-order valence-electron chi connectivity index (χ4n) is 3.50. The van der Waals surface area contributed by atoms with Gasteiger partial charge in [0.1, 0.15) is 11.3 Å². The van der Waals surface area contributed by atoms with E-state index in [1.165, 1.54) is 24.3 Å². The van der Waals surface area contributed by atoms with Crippen molar-refractivity contribution in [3.63, 3.8) is 0 Å². The van der Waals surface area contributed by atoms with Gasteiger partial charge in [-0.25, -0.2) is 9.69 Å². The number of urea groups is 1. The van der Waals surface area contributed by atoms with Gasteiger partial charge in [-0.3, -0.25) is 29.8 Å². The van der Waals surface area contributed by atoms with Crippen LogP contribution in [0.15, 0.2) is 75.2 Å². The average molecular weight is 679 g/mol. The lowest BCUT2D eigenvalue weighted by Gasteiger charge is -2.26. The van der Waals surface area contributed by atoms with Crippen LogP contribution in [0.3, 0.4) is 0 Å². The highest BCUT2D eigenvalue weighted by atomic mass is 79.9. The quantitative estimate of drug-likeness (QED) is 0.146. The molecule has 5 amide bonds. The second-order valence-electron chi connectivity index (χ2n) is 7.88. The number of hydrogen-bond acceptors (Lipinski definition) is 7. The number of nitro benzene ring substituents is 1. The largest absolute Gasteiger partial charge is 0.482 e. The van der Waals surface area contributed by atoms with E-state index in [9.17, 15) is 29.3 Å². The third-order valence-corrected chi connectivity index (χ3v) is 6.51. The summed E-state index contributed by atoms with van der Waals surface area (Å²) >= 11 is 12.5. The van der Waals surface area contributed by atoms with E-state index in [-0.39, 0.29) is 22.7 Å². The molecule has 0 spiro atoms. The monoisotopic (exact) mass is 676 g/mol. The number of nitro groups is 1. The Kier molecular flexibility index (Phi) is 8.43. The fourth-order valence-corrected chi connectivity index (χ4v) is 5.00. The molecular formula is C25H15Br2ClN4O7. The average Bonchev–Trinajstić information content (AvgIpc) is 2.87. The van der Waals surface area contributed by atoms with E-state index in [1.54, 1.807) is 36.4 Å². The highest BCUT2D eigenvalue weighted by Crippen LogP contribution is 2.35. The van der Waals surface area contributed by atoms with Gasteiger partial charge in [-0.05, 0) is 64.5 Å². The third kappa shape index (κ3) is 6.50. The van der Waals surface area contributed by atoms with Gasteiger partial charge in [-0.2, -0.15) is 0 Å². The number of anilines is 2. The molecule has 1 aliphatic heterocycles. The molecule has 1 fully saturated rings. The van der Waals surface area contributed by atoms with E-state index >= 15 is 0 Å². The lowest BCUT2D eigenvalue weighted by atomic mass is 10.1. The lowest BCUT2D eigenvalue weighted by Crippen LogP contribution is -2.54. The summed E-state index contributed by atoms with van der Waals surface area (Å²) in [6.07, 6.45) is 1.19. The van der Waals surface area contributed by atoms with Gasteiger partial charge in [-0.15, -0.1) is 0 Å². The van der Waals surface area contributed by atoms with Crippen molar-refractivity contribution in [1.29, 1.82) is 0 Å². The molecule has 11 nitrogen and oxygen atoms in total. The first-order chi connectivity index (χ1) is 18.5. The van der Waals surface area contributed by atoms with Gasteiger partial charge >= 0.3 is 6.03 Å². The first kappa shape index (κ1) is 28.0. The molecule has 1 aliphatic rings. The van der Waals surface area contributed by atoms with Crippen molar-refractivity contribution in [3.8, 4) is 5.75 Å². The molecule has 3 aromatic carbocycles. The summed E-state index contributed by atoms with van der Waals surface area (Å²) in [6.45, 7) is -0.419. The number of non-ortho nitro benzene ring substituents is 1. The zero-order chi connectivity index (χ0) is 28.3. The Balaban J connectivity index is 1.63. The summed E-state index contributed by atoms with van der Waals surface area (Å²) in [7, 11) is 0. The summed E-state index contributed by atoms with van der Waals surface area (Å²) in [5.41, 5.74) is -0.167. The van der Waals surface area contributed by atoms with Crippen molar-refractivity contribution >= 4 is 90.4 Å². The molecular weight excluding hydrogens is 664 g/mol. The molecule has 0 aliphatic carbocycles. The Hall–Kier alpha value is -4.07. The maximum atomic E-state index is 13.3. The Morgan fingerprint density at radius 3 is 2.51 bits per heavy atom. The minimum absolute atomic E-state index is 0.101. The maximum Gasteiger partial charge on any atom is 0.335 e. The van der Waals surface area contributed by atoms with E-state index in [1.807, 2.05) is 0 Å². The van der Waals surface area contributed by atoms with Crippen LogP contribution in [0.25, 0.3) is 6.08 Å². The van der Waals surface area contributed by atoms with Crippen LogP contribution >= 0.6 is 43.5 Å². The summed E-state index contributed by atoms with van der Waals surface area (Å²) in [6, 6.07) is 13.4. The SMILES string of the molecule is O=C(COc1c(Br)cc(Br)cc1/C=C1/C(=O)NC(=O)N(c2cccc([N+](=O)[O-])c2)C1=O)Nc1ccc(Cl)cc1. The second kappa shape index (κ2) is 11.8. The predicted octanol–water partition coefficient (Wildman–Crippen LogP) is 5.46. The van der Waals surface area contributed by atoms with E-state index in [0.717, 1.165) is 6.07 Å². The Bertz CT molecular complexity index is 1560. The van der Waals surface area contributed by atoms with Gasteiger partial charge < -0.3 is 10.1 Å². The topological polar surface area (TPSA) is 148 Å². The highest BCUT2D eigenvalue weighted by molar-refractivity contribution is 9.11. The summed E-state index contributed by atoms with van der Waals surface area (Å²) in [5, 5.41) is 16.4. The molecule has 198 valence electrons. The molecule has 0 saturated carbocycles. The first-order valence-corrected chi connectivity index (χ1v) is 12.8. The van der Waals surface area contributed by atoms with E-state index in [2.05, 4.69) is 42.5 Å². The Morgan fingerprint density at radius 2 is 1.82 bits per heavy atom. The van der Waals surface area contributed by atoms with Crippen LogP contribution in [0.5, 0.6) is 5.75 Å². The molecule has 1 heterocycles. The standard InChI is InChI=1S/C25H15Br2ClN4O7/c26-14-8-13(22(20(27)10-14)39-12-21(33)29-16-6-4-15(28)5-7-16)9-19-23(34)30-25(36)31(24(19)35)17-2-1-3-18(11-17)32(37)38/h1-11H,12H2,(H,29,33)(H,30,34,36)/b19-9-. The number of rotatable bonds is 7. The molecule has 2 N–H and O–H groups in total. The highest BCUT2D eigenvalue weighted by Gasteiger charge is 2.37. The summed E-state index contributed by atoms with van der Waals surface area (Å²) in [4.78, 5) is 62.0. The van der Waals surface area contributed by atoms with Crippen LogP contribution in [0, 0.1) is 10.1 Å². The van der Waals surface area contributed by atoms with Crippen LogP contribution in [0.2, 0.25) is 5.02 Å². The van der Waals surface area contributed by atoms with Crippen molar-refractivity contribution in [2.75, 3.05) is 16.8 Å². The zero-order valence-electron chi connectivity index (χ0n) is 19.4. The molecule has 3 aromatic rings. The molecule has 0 bridgehead atoms. The van der Waals surface area contributed by atoms with Gasteiger partial charge in [0.2, 0.25) is 0 Å². The molecule has 39 heavy (non-hydrogen) atoms. The number of carbonyl (C=O) groups is 4. The van der Waals surface area contributed by atoms with Crippen LogP contribution < -0.4 is 20.3 Å². The number of nitrogens with one attached hydrogen (secondary N) is 2. The Morgan fingerprint density at radius 1 is 1.10 bits per heavy atom. The third-order valence-electron chi connectivity index (χ3n) is 5.21. The number of imide groups is 2. The molecule has 0 radical (unpaired) electrons. The number of barbiturate groups is 1. The van der Waals surface area contributed by atoms with Crippen molar-refractivity contribution < 1.29 is 28.8 Å². The zero-order valence-corrected chi connectivity index (χ0v) is 23.4. The maximum absolute atomic E-state index is 13.3. The van der Waals surface area contributed by atoms with Crippen molar-refractivity contribution in [2.24, 2.45) is 0 Å². The summed E-state index contributed by atoms with van der Waals surface area (Å²) in [5.74, 6) is -2.34. The molecule has 1 saturated heterocycles. The molecule has 14 heteroatoms. The minimum atomic E-state index is -1.06. The van der Waals surface area contributed by atoms with Crippen molar-refractivity contribution in [3.05, 3.63) is 95.9 Å². The van der Waals surface area contributed by atoms with Crippen molar-refractivity contribution in [2.45, 2.75) is 0 Å². The predicted molar refractivity (Wildman–Crippen MR) is 150 cm³/mol. The van der Waals surface area contributed by atoms with Crippen LogP contribution in [-0.2, 0) is 14.4 Å². The van der Waals surface area contributed by atoms with E-state index in [0.29, 0.717) is 24.6 Å². The van der Waals surface area contributed by atoms with Crippen LogP contribution in [0.1, 0.15) is 5.56 Å². The fraction of sp³-hybridized carbons (Fsp3) is 0.0400. The van der Waals surface area contributed by atoms with Crippen LogP contribution in [-0.4, -0.2) is 35.3 Å². The van der Waals surface area contributed by atoms with Crippen LogP contribution in [0.4, 0.5) is 21.9 Å². The lowest BCUT2D eigenvalue weighted by molar-refractivity contribution is -0.384. The number of carbonyl (C=O) groups excluding carboxylic acids is 4. The molecule has 0 unspecified atom stereocenters. The first-order valence-electron chi connectivity index (χ1n) is 10.9. The number of nitrogens with zero attached hydrogens (tertiary/aromatic N) is 2. The number of hydrogen-bond donors (Lipinski definition) is 2. The second-order valence-corrected chi connectivity index (χ2v) is 10.1. The van der Waals surface area contributed by atoms with Gasteiger partial charge in [0.15, 0.2) is 6.61 Å². The molecule has 0 aromatic heterocycles. The molecule has 0 atom stereocenters. The normalized spacial score (nSPS) is 14.3. The van der Waals surface area contributed by atoms with Gasteiger partial charge in [0.05, 0.1) is 15.1 Å². The van der Waals surface area contributed by atoms with Crippen molar-refractivity contribution in [1.82, 2.24) is 5.32 Å². The smallest absolute Gasteiger partial charge is 0.335 e. The van der Waals surface area contributed by atoms with Gasteiger partial charge in [-0.1, -0.05) is 33.6 Å². The number of benzene rings is 3. The van der Waals surface area contributed by atoms with Gasteiger partial charge in [0, 0.05) is 32.9 Å². The van der Waals surface area contributed by atoms with E-state index in [4.69, 9.17) is 16.3 Å². The Labute approximate surface area is 242 Å². The molecule has 4 rings (SSSR count).